The Bertz CT molecular complexity index is 1040. The average Bonchev–Trinajstić information content (AvgIpc) is 3.09. The first-order chi connectivity index (χ1) is 13.0. The van der Waals surface area contributed by atoms with Crippen molar-refractivity contribution in [2.45, 2.75) is 0 Å². The second-order valence-corrected chi connectivity index (χ2v) is 5.49. The van der Waals surface area contributed by atoms with Gasteiger partial charge in [-0.05, 0) is 18.2 Å². The molecule has 136 valence electrons. The van der Waals surface area contributed by atoms with E-state index in [0.29, 0.717) is 11.3 Å². The van der Waals surface area contributed by atoms with Gasteiger partial charge in [-0.2, -0.15) is 0 Å². The number of carbonyl (C=O) groups excluding carboxylic acids is 3. The first-order valence-electron chi connectivity index (χ1n) is 7.79. The summed E-state index contributed by atoms with van der Waals surface area (Å²) in [7, 11) is 0. The molecule has 0 atom stereocenters. The molecule has 3 rings (SSSR count). The van der Waals surface area contributed by atoms with Gasteiger partial charge in [0, 0.05) is 29.2 Å². The third-order valence-electron chi connectivity index (χ3n) is 3.70. The van der Waals surface area contributed by atoms with E-state index in [4.69, 9.17) is 4.74 Å². The molecule has 0 saturated carbocycles. The van der Waals surface area contributed by atoms with E-state index in [1.54, 1.807) is 30.3 Å². The number of nitro benzene ring substituents is 1. The molecule has 2 aromatic carbocycles. The zero-order valence-electron chi connectivity index (χ0n) is 13.8. The summed E-state index contributed by atoms with van der Waals surface area (Å²) in [5.74, 6) is -2.37. The van der Waals surface area contributed by atoms with E-state index in [9.17, 15) is 24.5 Å². The van der Waals surface area contributed by atoms with Gasteiger partial charge in [-0.1, -0.05) is 18.2 Å². The first kappa shape index (κ1) is 17.8. The van der Waals surface area contributed by atoms with Crippen LogP contribution in [0.5, 0.6) is 5.75 Å². The summed E-state index contributed by atoms with van der Waals surface area (Å²) in [6.07, 6.45) is 1.29. The number of ketones is 1. The van der Waals surface area contributed by atoms with E-state index < -0.39 is 29.1 Å². The monoisotopic (exact) mass is 367 g/mol. The van der Waals surface area contributed by atoms with Gasteiger partial charge < -0.3 is 15.0 Å². The van der Waals surface area contributed by atoms with Crippen LogP contribution in [0.2, 0.25) is 0 Å². The van der Waals surface area contributed by atoms with Crippen LogP contribution in [0.25, 0.3) is 10.9 Å². The van der Waals surface area contributed by atoms with Crippen LogP contribution >= 0.6 is 0 Å². The molecule has 0 fully saturated rings. The van der Waals surface area contributed by atoms with Crippen molar-refractivity contribution >= 4 is 34.3 Å². The molecule has 0 aliphatic heterocycles. The number of rotatable bonds is 6. The molecule has 0 saturated heterocycles. The number of esters is 1. The zero-order chi connectivity index (χ0) is 19.4. The maximum absolute atomic E-state index is 12.3. The molecule has 2 N–H and O–H groups in total. The molecule has 0 radical (unpaired) electrons. The Morgan fingerprint density at radius 1 is 1.11 bits per heavy atom. The minimum Gasteiger partial charge on any atom is -0.425 e. The lowest BCUT2D eigenvalue weighted by Gasteiger charge is -2.05. The molecule has 1 amide bonds. The van der Waals surface area contributed by atoms with Crippen molar-refractivity contribution in [1.82, 2.24) is 10.3 Å². The number of amides is 1. The maximum Gasteiger partial charge on any atom is 0.330 e. The number of nitrogens with one attached hydrogen (secondary N) is 2. The molecule has 0 aliphatic carbocycles. The number of nitrogens with zero attached hydrogens (tertiary/aromatic N) is 1. The fourth-order valence-electron chi connectivity index (χ4n) is 2.42. The van der Waals surface area contributed by atoms with Gasteiger partial charge in [-0.25, -0.2) is 4.79 Å². The highest BCUT2D eigenvalue weighted by molar-refractivity contribution is 6.45. The van der Waals surface area contributed by atoms with Crippen molar-refractivity contribution in [3.63, 3.8) is 0 Å². The summed E-state index contributed by atoms with van der Waals surface area (Å²) in [4.78, 5) is 49.2. The third-order valence-corrected chi connectivity index (χ3v) is 3.70. The fraction of sp³-hybridized carbons (Fsp3) is 0.0556. The Morgan fingerprint density at radius 3 is 2.56 bits per heavy atom. The van der Waals surface area contributed by atoms with E-state index in [2.05, 4.69) is 10.3 Å². The third kappa shape index (κ3) is 3.98. The maximum atomic E-state index is 12.3. The number of Topliss-reactive ketones (excluding diaryl/α,β-unsaturated/α-hetero) is 1. The molecule has 0 bridgehead atoms. The Balaban J connectivity index is 1.67. The number of H-pyrrole nitrogens is 1. The summed E-state index contributed by atoms with van der Waals surface area (Å²) in [5.41, 5.74) is 0.242. The lowest BCUT2D eigenvalue weighted by molar-refractivity contribution is -0.384. The molecule has 0 aliphatic rings. The van der Waals surface area contributed by atoms with Crippen LogP contribution in [0.15, 0.2) is 54.7 Å². The second-order valence-electron chi connectivity index (χ2n) is 5.49. The van der Waals surface area contributed by atoms with Crippen LogP contribution in [0.4, 0.5) is 5.69 Å². The Labute approximate surface area is 152 Å². The van der Waals surface area contributed by atoms with Crippen molar-refractivity contribution < 1.29 is 24.0 Å². The molecule has 9 heteroatoms. The molecular weight excluding hydrogens is 354 g/mol. The van der Waals surface area contributed by atoms with Gasteiger partial charge in [0.05, 0.1) is 10.5 Å². The molecule has 0 unspecified atom stereocenters. The van der Waals surface area contributed by atoms with Crippen LogP contribution in [0.1, 0.15) is 10.4 Å². The Hall–Kier alpha value is -4.01. The quantitative estimate of drug-likeness (QED) is 0.171. The lowest BCUT2D eigenvalue weighted by atomic mass is 10.1. The fourth-order valence-corrected chi connectivity index (χ4v) is 2.42. The summed E-state index contributed by atoms with van der Waals surface area (Å²) in [5, 5.41) is 13.3. The SMILES string of the molecule is O=C(CNC(=O)C(=O)c1c[nH]c2ccc([N+](=O)[O-])cc12)Oc1ccccc1. The summed E-state index contributed by atoms with van der Waals surface area (Å²) < 4.78 is 5.00. The van der Waals surface area contributed by atoms with Crippen LogP contribution in [0, 0.1) is 10.1 Å². The summed E-state index contributed by atoms with van der Waals surface area (Å²) in [6, 6.07) is 12.2. The Morgan fingerprint density at radius 2 is 1.85 bits per heavy atom. The lowest BCUT2D eigenvalue weighted by Crippen LogP contribution is -2.36. The highest BCUT2D eigenvalue weighted by Gasteiger charge is 2.22. The topological polar surface area (TPSA) is 131 Å². The molecule has 0 spiro atoms. The molecule has 3 aromatic rings. The smallest absolute Gasteiger partial charge is 0.330 e. The summed E-state index contributed by atoms with van der Waals surface area (Å²) >= 11 is 0. The van der Waals surface area contributed by atoms with Crippen molar-refractivity contribution in [3.05, 3.63) is 70.4 Å². The Kier molecular flexibility index (Phi) is 4.93. The van der Waals surface area contributed by atoms with Crippen LogP contribution in [-0.4, -0.2) is 34.1 Å². The first-order valence-corrected chi connectivity index (χ1v) is 7.79. The van der Waals surface area contributed by atoms with Gasteiger partial charge in [0.1, 0.15) is 12.3 Å². The average molecular weight is 367 g/mol. The number of para-hydroxylation sites is 1. The van der Waals surface area contributed by atoms with Gasteiger partial charge in [-0.15, -0.1) is 0 Å². The van der Waals surface area contributed by atoms with Crippen LogP contribution in [-0.2, 0) is 9.59 Å². The van der Waals surface area contributed by atoms with Gasteiger partial charge in [0.15, 0.2) is 0 Å². The van der Waals surface area contributed by atoms with Gasteiger partial charge in [-0.3, -0.25) is 19.7 Å². The number of nitro groups is 1. The molecular formula is C18H13N3O6. The minimum atomic E-state index is -1.02. The number of non-ortho nitro benzene ring substituents is 1. The second kappa shape index (κ2) is 7.48. The van der Waals surface area contributed by atoms with E-state index >= 15 is 0 Å². The standard InChI is InChI=1S/C18H13N3O6/c22-16(27-12-4-2-1-3-5-12)10-20-18(24)17(23)14-9-19-15-7-6-11(21(25)26)8-13(14)15/h1-9,19H,10H2,(H,20,24). The number of aromatic nitrogens is 1. The van der Waals surface area contributed by atoms with Crippen molar-refractivity contribution in [3.8, 4) is 5.75 Å². The highest BCUT2D eigenvalue weighted by atomic mass is 16.6. The van der Waals surface area contributed by atoms with Crippen molar-refractivity contribution in [2.24, 2.45) is 0 Å². The molecule has 9 nitrogen and oxygen atoms in total. The molecule has 1 heterocycles. The van der Waals surface area contributed by atoms with E-state index in [0.717, 1.165) is 0 Å². The summed E-state index contributed by atoms with van der Waals surface area (Å²) in [6.45, 7) is -0.498. The highest BCUT2D eigenvalue weighted by Crippen LogP contribution is 2.24. The predicted octanol–water partition coefficient (Wildman–Crippen LogP) is 1.98. The van der Waals surface area contributed by atoms with E-state index in [1.165, 1.54) is 24.4 Å². The minimum absolute atomic E-state index is 0.0253. The van der Waals surface area contributed by atoms with Gasteiger partial charge in [0.25, 0.3) is 17.4 Å². The number of fused-ring (bicyclic) bond motifs is 1. The van der Waals surface area contributed by atoms with E-state index in [1.807, 2.05) is 0 Å². The number of aromatic amines is 1. The number of benzene rings is 2. The number of hydrogen-bond acceptors (Lipinski definition) is 6. The number of carbonyl (C=O) groups is 3. The normalized spacial score (nSPS) is 10.4. The zero-order valence-corrected chi connectivity index (χ0v) is 13.8. The predicted molar refractivity (Wildman–Crippen MR) is 94.4 cm³/mol. The van der Waals surface area contributed by atoms with Gasteiger partial charge >= 0.3 is 5.97 Å². The van der Waals surface area contributed by atoms with Crippen molar-refractivity contribution in [2.75, 3.05) is 6.54 Å². The largest absolute Gasteiger partial charge is 0.425 e. The van der Waals surface area contributed by atoms with E-state index in [-0.39, 0.29) is 16.6 Å². The molecule has 27 heavy (non-hydrogen) atoms. The number of hydrogen-bond donors (Lipinski definition) is 2. The van der Waals surface area contributed by atoms with Crippen molar-refractivity contribution in [1.29, 1.82) is 0 Å². The van der Waals surface area contributed by atoms with Crippen LogP contribution in [0.3, 0.4) is 0 Å². The van der Waals surface area contributed by atoms with Crippen LogP contribution < -0.4 is 10.1 Å². The number of ether oxygens (including phenoxy) is 1. The molecule has 1 aromatic heterocycles. The van der Waals surface area contributed by atoms with Gasteiger partial charge in [0.2, 0.25) is 0 Å².